The number of carbonyl (C=O) groups is 2. The topological polar surface area (TPSA) is 219 Å². The van der Waals surface area contributed by atoms with Gasteiger partial charge in [0.2, 0.25) is 11.8 Å². The van der Waals surface area contributed by atoms with E-state index in [4.69, 9.17) is 22.9 Å². The maximum absolute atomic E-state index is 13.7. The number of aromatic nitrogens is 2. The van der Waals surface area contributed by atoms with Gasteiger partial charge >= 0.3 is 0 Å². The number of benzene rings is 3. The third-order valence-electron chi connectivity index (χ3n) is 7.36. The molecule has 0 aliphatic rings. The van der Waals surface area contributed by atoms with Crippen LogP contribution in [0.1, 0.15) is 22.3 Å². The van der Waals surface area contributed by atoms with Crippen LogP contribution in [0.15, 0.2) is 95.2 Å². The molecule has 0 saturated heterocycles. The fraction of sp³-hybridized carbons (Fsp3) is 0.188. The molecule has 0 aliphatic carbocycles. The quantitative estimate of drug-likeness (QED) is 0.0795. The Hall–Kier alpha value is -5.78. The number of aliphatic imine (C=N–C) groups is 2. The number of amides is 2. The van der Waals surface area contributed by atoms with E-state index in [0.29, 0.717) is 6.54 Å². The summed E-state index contributed by atoms with van der Waals surface area (Å²) >= 11 is 0. The summed E-state index contributed by atoms with van der Waals surface area (Å²) in [6, 6.07) is 21.3. The van der Waals surface area contributed by atoms with Crippen molar-refractivity contribution in [3.8, 4) is 0 Å². The summed E-state index contributed by atoms with van der Waals surface area (Å²) in [5.41, 5.74) is 27.7. The Labute approximate surface area is 254 Å². The van der Waals surface area contributed by atoms with Crippen LogP contribution in [0.5, 0.6) is 0 Å². The van der Waals surface area contributed by atoms with Gasteiger partial charge in [-0.3, -0.25) is 9.59 Å². The standard InChI is InChI=1S/C32H36N10O2/c33-31(34)40-16-20-11-9-19(10-12-20)15-39-29(43)27(13-21-17-37-25-7-3-1-5-23(21)25)41-30(44)28(42-32(35)36)14-22-18-38-26-8-4-2-6-24(22)26/h1-12,17-18,27-28,37-38H,13-16H2,(H,39,43)(H,41,44)(H4,33,34,40)(H4,35,36,42)/t27-,28-/m0/s1. The second-order valence-corrected chi connectivity index (χ2v) is 10.5. The van der Waals surface area contributed by atoms with Crippen molar-refractivity contribution in [2.45, 2.75) is 38.0 Å². The fourth-order valence-electron chi connectivity index (χ4n) is 5.14. The Morgan fingerprint density at radius 1 is 0.705 bits per heavy atom. The van der Waals surface area contributed by atoms with Crippen LogP contribution in [0, 0.1) is 0 Å². The molecular formula is C32H36N10O2. The number of hydrogen-bond donors (Lipinski definition) is 8. The second kappa shape index (κ2) is 13.5. The molecule has 44 heavy (non-hydrogen) atoms. The summed E-state index contributed by atoms with van der Waals surface area (Å²) in [6.45, 7) is 0.623. The van der Waals surface area contributed by atoms with Crippen LogP contribution in [0.4, 0.5) is 0 Å². The highest BCUT2D eigenvalue weighted by Crippen LogP contribution is 2.21. The van der Waals surface area contributed by atoms with Gasteiger partial charge in [-0.2, -0.15) is 0 Å². The molecule has 0 aliphatic heterocycles. The van der Waals surface area contributed by atoms with Crippen LogP contribution in [0.2, 0.25) is 0 Å². The molecule has 2 heterocycles. The van der Waals surface area contributed by atoms with Gasteiger partial charge in [-0.25, -0.2) is 9.98 Å². The molecule has 0 spiro atoms. The Bertz CT molecular complexity index is 1810. The van der Waals surface area contributed by atoms with Gasteiger partial charge in [0.1, 0.15) is 12.1 Å². The Morgan fingerprint density at radius 3 is 1.86 bits per heavy atom. The number of nitrogens with one attached hydrogen (secondary N) is 4. The average molecular weight is 593 g/mol. The number of guanidine groups is 2. The normalized spacial score (nSPS) is 12.4. The number of carbonyl (C=O) groups excluding carboxylic acids is 2. The minimum Gasteiger partial charge on any atom is -0.370 e. The number of nitrogens with zero attached hydrogens (tertiary/aromatic N) is 2. The molecule has 5 rings (SSSR count). The van der Waals surface area contributed by atoms with Crippen molar-refractivity contribution < 1.29 is 9.59 Å². The molecule has 2 aromatic heterocycles. The van der Waals surface area contributed by atoms with Crippen molar-refractivity contribution in [1.29, 1.82) is 0 Å². The third kappa shape index (κ3) is 7.34. The average Bonchev–Trinajstić information content (AvgIpc) is 3.62. The monoisotopic (exact) mass is 592 g/mol. The van der Waals surface area contributed by atoms with Gasteiger partial charge in [0.25, 0.3) is 0 Å². The van der Waals surface area contributed by atoms with Gasteiger partial charge in [0.05, 0.1) is 6.54 Å². The number of para-hydroxylation sites is 2. The number of nitrogens with two attached hydrogens (primary N) is 4. The summed E-state index contributed by atoms with van der Waals surface area (Å²) in [7, 11) is 0. The van der Waals surface area contributed by atoms with Gasteiger partial charge in [-0.15, -0.1) is 0 Å². The lowest BCUT2D eigenvalue weighted by Crippen LogP contribution is -2.51. The van der Waals surface area contributed by atoms with Crippen molar-refractivity contribution in [2.75, 3.05) is 0 Å². The molecule has 12 N–H and O–H groups in total. The molecule has 12 heteroatoms. The van der Waals surface area contributed by atoms with Crippen LogP contribution in [-0.2, 0) is 35.5 Å². The number of fused-ring (bicyclic) bond motifs is 2. The zero-order valence-electron chi connectivity index (χ0n) is 24.1. The molecule has 2 amide bonds. The molecule has 3 aromatic carbocycles. The van der Waals surface area contributed by atoms with Crippen LogP contribution in [-0.4, -0.2) is 45.8 Å². The second-order valence-electron chi connectivity index (χ2n) is 10.5. The third-order valence-corrected chi connectivity index (χ3v) is 7.36. The van der Waals surface area contributed by atoms with E-state index in [9.17, 15) is 9.59 Å². The molecule has 0 radical (unpaired) electrons. The number of rotatable bonds is 12. The van der Waals surface area contributed by atoms with E-state index in [1.54, 1.807) is 0 Å². The maximum atomic E-state index is 13.7. The highest BCUT2D eigenvalue weighted by atomic mass is 16.2. The molecule has 12 nitrogen and oxygen atoms in total. The first-order valence-corrected chi connectivity index (χ1v) is 14.2. The van der Waals surface area contributed by atoms with Gasteiger partial charge in [-0.1, -0.05) is 60.7 Å². The van der Waals surface area contributed by atoms with Gasteiger partial charge in [0, 0.05) is 53.6 Å². The van der Waals surface area contributed by atoms with Crippen LogP contribution in [0.3, 0.4) is 0 Å². The van der Waals surface area contributed by atoms with E-state index in [-0.39, 0.29) is 37.2 Å². The van der Waals surface area contributed by atoms with Crippen LogP contribution < -0.4 is 33.6 Å². The highest BCUT2D eigenvalue weighted by molar-refractivity contribution is 5.93. The molecule has 0 saturated carbocycles. The van der Waals surface area contributed by atoms with Crippen molar-refractivity contribution in [1.82, 2.24) is 20.6 Å². The Kier molecular flexibility index (Phi) is 9.09. The minimum absolute atomic E-state index is 0.0214. The first-order chi connectivity index (χ1) is 21.3. The van der Waals surface area contributed by atoms with Gasteiger partial charge in [0.15, 0.2) is 11.9 Å². The lowest BCUT2D eigenvalue weighted by Gasteiger charge is -2.21. The van der Waals surface area contributed by atoms with E-state index >= 15 is 0 Å². The first-order valence-electron chi connectivity index (χ1n) is 14.2. The van der Waals surface area contributed by atoms with Crippen molar-refractivity contribution in [3.05, 3.63) is 107 Å². The Balaban J connectivity index is 1.35. The zero-order chi connectivity index (χ0) is 31.1. The largest absolute Gasteiger partial charge is 0.370 e. The van der Waals surface area contributed by atoms with E-state index in [1.165, 1.54) is 0 Å². The lowest BCUT2D eigenvalue weighted by atomic mass is 10.0. The summed E-state index contributed by atoms with van der Waals surface area (Å²) in [5, 5.41) is 7.82. The number of aromatic amines is 2. The smallest absolute Gasteiger partial charge is 0.245 e. The predicted octanol–water partition coefficient (Wildman–Crippen LogP) is 1.65. The van der Waals surface area contributed by atoms with E-state index in [0.717, 1.165) is 44.1 Å². The summed E-state index contributed by atoms with van der Waals surface area (Å²) in [5.74, 6) is -1.00. The maximum Gasteiger partial charge on any atom is 0.245 e. The highest BCUT2D eigenvalue weighted by Gasteiger charge is 2.27. The summed E-state index contributed by atoms with van der Waals surface area (Å²) in [6.07, 6.45) is 4.18. The van der Waals surface area contributed by atoms with Gasteiger partial charge in [-0.05, 0) is 34.4 Å². The molecule has 0 bridgehead atoms. The first kappa shape index (κ1) is 29.7. The molecule has 2 atom stereocenters. The van der Waals surface area contributed by atoms with Gasteiger partial charge < -0.3 is 43.5 Å². The molecule has 0 fully saturated rings. The van der Waals surface area contributed by atoms with Crippen LogP contribution in [0.25, 0.3) is 21.8 Å². The van der Waals surface area contributed by atoms with Crippen molar-refractivity contribution >= 4 is 45.5 Å². The fourth-order valence-corrected chi connectivity index (χ4v) is 5.14. The number of H-pyrrole nitrogens is 2. The van der Waals surface area contributed by atoms with E-state index in [2.05, 4.69) is 30.6 Å². The minimum atomic E-state index is -0.949. The lowest BCUT2D eigenvalue weighted by molar-refractivity contribution is -0.129. The SMILES string of the molecule is NC(N)=NCc1ccc(CNC(=O)[C@H](Cc2c[nH]c3ccccc23)NC(=O)[C@H](Cc2c[nH]c3ccccc23)N=C(N)N)cc1. The molecule has 5 aromatic rings. The van der Waals surface area contributed by atoms with Crippen LogP contribution >= 0.6 is 0 Å². The Morgan fingerprint density at radius 2 is 1.27 bits per heavy atom. The summed E-state index contributed by atoms with van der Waals surface area (Å²) in [4.78, 5) is 42.0. The van der Waals surface area contributed by atoms with E-state index in [1.807, 2.05) is 85.2 Å². The number of hydrogen-bond acceptors (Lipinski definition) is 4. The van der Waals surface area contributed by atoms with Crippen molar-refractivity contribution in [2.24, 2.45) is 32.9 Å². The zero-order valence-corrected chi connectivity index (χ0v) is 24.1. The molecule has 226 valence electrons. The molecule has 0 unspecified atom stereocenters. The van der Waals surface area contributed by atoms with Crippen molar-refractivity contribution in [3.63, 3.8) is 0 Å². The van der Waals surface area contributed by atoms with E-state index < -0.39 is 18.0 Å². The predicted molar refractivity (Wildman–Crippen MR) is 173 cm³/mol. The summed E-state index contributed by atoms with van der Waals surface area (Å²) < 4.78 is 0. The molecular weight excluding hydrogens is 556 g/mol.